The maximum absolute atomic E-state index is 9.33. The van der Waals surface area contributed by atoms with Crippen molar-refractivity contribution in [3.63, 3.8) is 0 Å². The summed E-state index contributed by atoms with van der Waals surface area (Å²) < 4.78 is 1.80. The summed E-state index contributed by atoms with van der Waals surface area (Å²) in [6, 6.07) is 10.2. The van der Waals surface area contributed by atoms with Gasteiger partial charge in [0.1, 0.15) is 6.07 Å². The molecule has 1 heterocycles. The van der Waals surface area contributed by atoms with Crippen molar-refractivity contribution in [2.45, 2.75) is 18.2 Å². The number of rotatable bonds is 6. The molecule has 2 aromatic rings. The maximum atomic E-state index is 9.33. The highest BCUT2D eigenvalue weighted by atomic mass is 32.2. The second-order valence-electron chi connectivity index (χ2n) is 4.38. The van der Waals surface area contributed by atoms with Crippen LogP contribution in [0.3, 0.4) is 0 Å². The molecule has 0 fully saturated rings. The minimum absolute atomic E-state index is 0.736. The number of nitriles is 1. The summed E-state index contributed by atoms with van der Waals surface area (Å²) in [4.78, 5) is 1.04. The van der Waals surface area contributed by atoms with Crippen LogP contribution in [0.25, 0.3) is 0 Å². The lowest BCUT2D eigenvalue weighted by Gasteiger charge is -2.10. The maximum Gasteiger partial charge on any atom is 0.102 e. The fourth-order valence-corrected chi connectivity index (χ4v) is 2.78. The third-order valence-electron chi connectivity index (χ3n) is 2.90. The number of nitrogens with zero attached hydrogens (tertiary/aromatic N) is 3. The van der Waals surface area contributed by atoms with Crippen molar-refractivity contribution in [2.75, 3.05) is 17.6 Å². The van der Waals surface area contributed by atoms with Gasteiger partial charge in [-0.05, 0) is 24.0 Å². The van der Waals surface area contributed by atoms with E-state index in [0.717, 1.165) is 40.6 Å². The van der Waals surface area contributed by atoms with Gasteiger partial charge in [-0.25, -0.2) is 0 Å². The molecule has 2 rings (SSSR count). The largest absolute Gasteiger partial charge is 0.384 e. The third-order valence-corrected chi connectivity index (χ3v) is 3.84. The first-order chi connectivity index (χ1) is 9.74. The first kappa shape index (κ1) is 14.5. The molecule has 0 saturated carbocycles. The number of nitrogens with one attached hydrogen (secondary N) is 1. The van der Waals surface area contributed by atoms with Crippen LogP contribution in [0.2, 0.25) is 0 Å². The van der Waals surface area contributed by atoms with Crippen molar-refractivity contribution < 1.29 is 0 Å². The van der Waals surface area contributed by atoms with Gasteiger partial charge >= 0.3 is 0 Å². The second kappa shape index (κ2) is 7.01. The first-order valence-electron chi connectivity index (χ1n) is 6.63. The van der Waals surface area contributed by atoms with E-state index in [-0.39, 0.29) is 0 Å². The lowest BCUT2D eigenvalue weighted by Crippen LogP contribution is -2.07. The van der Waals surface area contributed by atoms with E-state index in [1.54, 1.807) is 16.4 Å². The van der Waals surface area contributed by atoms with Crippen molar-refractivity contribution in [1.82, 2.24) is 9.78 Å². The van der Waals surface area contributed by atoms with E-state index in [0.29, 0.717) is 0 Å². The molecule has 0 aliphatic heterocycles. The standard InChI is InChI=1S/C15H18N4S/c1-3-20-15-6-4-5-14(13(15)11-16)17-9-7-12-8-10-19(2)18-12/h4-6,8,10,17H,3,7,9H2,1-2H3. The Hall–Kier alpha value is -1.93. The van der Waals surface area contributed by atoms with Crippen molar-refractivity contribution in [3.05, 3.63) is 41.7 Å². The number of benzene rings is 1. The van der Waals surface area contributed by atoms with Gasteiger partial charge in [0.2, 0.25) is 0 Å². The molecule has 0 saturated heterocycles. The van der Waals surface area contributed by atoms with E-state index in [2.05, 4.69) is 23.4 Å². The van der Waals surface area contributed by atoms with Crippen LogP contribution in [0.4, 0.5) is 5.69 Å². The molecule has 5 heteroatoms. The monoisotopic (exact) mass is 286 g/mol. The molecule has 0 aliphatic carbocycles. The van der Waals surface area contributed by atoms with Gasteiger partial charge < -0.3 is 5.32 Å². The summed E-state index contributed by atoms with van der Waals surface area (Å²) in [5.41, 5.74) is 2.69. The minimum atomic E-state index is 0.736. The van der Waals surface area contributed by atoms with Gasteiger partial charge in [0.15, 0.2) is 0 Å². The Morgan fingerprint density at radius 1 is 1.40 bits per heavy atom. The zero-order valence-corrected chi connectivity index (χ0v) is 12.6. The predicted molar refractivity (Wildman–Crippen MR) is 83.0 cm³/mol. The Labute approximate surface area is 123 Å². The minimum Gasteiger partial charge on any atom is -0.384 e. The second-order valence-corrected chi connectivity index (χ2v) is 5.69. The lowest BCUT2D eigenvalue weighted by molar-refractivity contribution is 0.742. The van der Waals surface area contributed by atoms with Gasteiger partial charge in [0.05, 0.1) is 16.9 Å². The molecule has 0 aliphatic rings. The Bertz CT molecular complexity index is 613. The summed E-state index contributed by atoms with van der Waals surface area (Å²) in [6.07, 6.45) is 2.78. The molecule has 104 valence electrons. The highest BCUT2D eigenvalue weighted by Crippen LogP contribution is 2.27. The van der Waals surface area contributed by atoms with Gasteiger partial charge in [-0.1, -0.05) is 13.0 Å². The molecular weight excluding hydrogens is 268 g/mol. The summed E-state index contributed by atoms with van der Waals surface area (Å²) in [5.74, 6) is 0.964. The normalized spacial score (nSPS) is 10.2. The van der Waals surface area contributed by atoms with E-state index in [1.807, 2.05) is 37.5 Å². The van der Waals surface area contributed by atoms with E-state index in [4.69, 9.17) is 0 Å². The number of aryl methyl sites for hydroxylation is 1. The third kappa shape index (κ3) is 3.55. The van der Waals surface area contributed by atoms with Crippen LogP contribution in [0.5, 0.6) is 0 Å². The molecule has 20 heavy (non-hydrogen) atoms. The number of hydrogen-bond donors (Lipinski definition) is 1. The van der Waals surface area contributed by atoms with Gasteiger partial charge in [-0.2, -0.15) is 10.4 Å². The lowest BCUT2D eigenvalue weighted by atomic mass is 10.2. The Kier molecular flexibility index (Phi) is 5.08. The van der Waals surface area contributed by atoms with Crippen LogP contribution < -0.4 is 5.32 Å². The first-order valence-corrected chi connectivity index (χ1v) is 7.61. The average Bonchev–Trinajstić information content (AvgIpc) is 2.85. The highest BCUT2D eigenvalue weighted by molar-refractivity contribution is 7.99. The molecule has 0 atom stereocenters. The van der Waals surface area contributed by atoms with Crippen molar-refractivity contribution in [3.8, 4) is 6.07 Å². The highest BCUT2D eigenvalue weighted by Gasteiger charge is 2.07. The topological polar surface area (TPSA) is 53.6 Å². The van der Waals surface area contributed by atoms with E-state index in [9.17, 15) is 5.26 Å². The van der Waals surface area contributed by atoms with E-state index in [1.165, 1.54) is 0 Å². The molecule has 1 aromatic carbocycles. The number of thioether (sulfide) groups is 1. The Morgan fingerprint density at radius 2 is 2.25 bits per heavy atom. The smallest absolute Gasteiger partial charge is 0.102 e. The molecule has 1 N–H and O–H groups in total. The number of aromatic nitrogens is 2. The molecule has 0 amide bonds. The summed E-state index contributed by atoms with van der Waals surface area (Å²) >= 11 is 1.70. The van der Waals surface area contributed by atoms with Crippen LogP contribution >= 0.6 is 11.8 Å². The summed E-state index contributed by atoms with van der Waals surface area (Å²) in [5, 5.41) is 17.0. The van der Waals surface area contributed by atoms with E-state index >= 15 is 0 Å². The summed E-state index contributed by atoms with van der Waals surface area (Å²) in [6.45, 7) is 2.86. The zero-order valence-electron chi connectivity index (χ0n) is 11.8. The van der Waals surface area contributed by atoms with Crippen LogP contribution in [-0.4, -0.2) is 22.1 Å². The quantitative estimate of drug-likeness (QED) is 0.829. The molecule has 0 radical (unpaired) electrons. The predicted octanol–water partition coefficient (Wildman–Crippen LogP) is 3.06. The zero-order chi connectivity index (χ0) is 14.4. The molecule has 0 bridgehead atoms. The molecule has 0 unspecified atom stereocenters. The van der Waals surface area contributed by atoms with Crippen LogP contribution in [-0.2, 0) is 13.5 Å². The Balaban J connectivity index is 2.02. The van der Waals surface area contributed by atoms with Crippen molar-refractivity contribution in [1.29, 1.82) is 5.26 Å². The SMILES string of the molecule is CCSc1cccc(NCCc2ccn(C)n2)c1C#N. The van der Waals surface area contributed by atoms with Crippen LogP contribution in [0.1, 0.15) is 18.2 Å². The fourth-order valence-electron chi connectivity index (χ4n) is 1.99. The van der Waals surface area contributed by atoms with Crippen LogP contribution in [0.15, 0.2) is 35.4 Å². The van der Waals surface area contributed by atoms with Gasteiger partial charge in [0, 0.05) is 31.1 Å². The van der Waals surface area contributed by atoms with Gasteiger partial charge in [-0.3, -0.25) is 4.68 Å². The fraction of sp³-hybridized carbons (Fsp3) is 0.333. The number of anilines is 1. The Morgan fingerprint density at radius 3 is 2.90 bits per heavy atom. The van der Waals surface area contributed by atoms with E-state index < -0.39 is 0 Å². The average molecular weight is 286 g/mol. The van der Waals surface area contributed by atoms with Crippen LogP contribution in [0, 0.1) is 11.3 Å². The molecule has 0 spiro atoms. The van der Waals surface area contributed by atoms with Gasteiger partial charge in [0.25, 0.3) is 0 Å². The van der Waals surface area contributed by atoms with Crippen molar-refractivity contribution >= 4 is 17.4 Å². The number of hydrogen-bond acceptors (Lipinski definition) is 4. The molecule has 1 aromatic heterocycles. The van der Waals surface area contributed by atoms with Crippen molar-refractivity contribution in [2.24, 2.45) is 7.05 Å². The molecular formula is C15H18N4S. The van der Waals surface area contributed by atoms with Gasteiger partial charge in [-0.15, -0.1) is 11.8 Å². The molecule has 4 nitrogen and oxygen atoms in total. The summed E-state index contributed by atoms with van der Waals surface area (Å²) in [7, 11) is 1.91.